The molecule has 2 N–H and O–H groups in total. The van der Waals surface area contributed by atoms with E-state index in [1.165, 1.54) is 28.0 Å². The molecule has 0 bridgehead atoms. The highest BCUT2D eigenvalue weighted by Gasteiger charge is 2.39. The van der Waals surface area contributed by atoms with Crippen LogP contribution in [-0.2, 0) is 21.1 Å². The second kappa shape index (κ2) is 8.24. The van der Waals surface area contributed by atoms with Crippen molar-refractivity contribution in [2.45, 2.75) is 29.6 Å². The van der Waals surface area contributed by atoms with Crippen molar-refractivity contribution in [3.05, 3.63) is 22.4 Å². The average Bonchev–Trinajstić information content (AvgIpc) is 3.27. The first-order chi connectivity index (χ1) is 12.3. The smallest absolute Gasteiger partial charge is 0.230 e. The molecule has 0 unspecified atom stereocenters. The molecule has 1 aliphatic heterocycles. The van der Waals surface area contributed by atoms with Gasteiger partial charge in [-0.25, -0.2) is 8.42 Å². The number of thiophene rings is 1. The van der Waals surface area contributed by atoms with Crippen molar-refractivity contribution in [2.75, 3.05) is 29.1 Å². The van der Waals surface area contributed by atoms with E-state index in [4.69, 9.17) is 0 Å². The van der Waals surface area contributed by atoms with Crippen molar-refractivity contribution in [3.8, 4) is 0 Å². The average molecular weight is 433 g/mol. The van der Waals surface area contributed by atoms with Crippen molar-refractivity contribution in [2.24, 2.45) is 0 Å². The molecule has 0 spiro atoms. The summed E-state index contributed by atoms with van der Waals surface area (Å²) >= 11 is 4.45. The summed E-state index contributed by atoms with van der Waals surface area (Å²) in [5.41, 5.74) is -0.661. The lowest BCUT2D eigenvalue weighted by Crippen LogP contribution is -2.47. The Bertz CT molecular complexity index is 850. The van der Waals surface area contributed by atoms with E-state index >= 15 is 0 Å². The standard InChI is InChI=1S/C15H20N4O3S4/c1-15(5-8-26(21,22)10-15)17-12(20)9-24-14-19-18-13(25-14)16-6-4-11-3-2-7-23-11/h2-3,7H,4-6,8-10H2,1H3,(H,16,18)(H,17,20)/t15-/m0/s1. The number of anilines is 1. The number of nitrogens with one attached hydrogen (secondary N) is 2. The lowest BCUT2D eigenvalue weighted by Gasteiger charge is -2.23. The minimum absolute atomic E-state index is 0.00746. The van der Waals surface area contributed by atoms with Crippen molar-refractivity contribution < 1.29 is 13.2 Å². The lowest BCUT2D eigenvalue weighted by molar-refractivity contribution is -0.120. The van der Waals surface area contributed by atoms with Crippen LogP contribution in [0.3, 0.4) is 0 Å². The summed E-state index contributed by atoms with van der Waals surface area (Å²) in [6.45, 7) is 2.56. The fraction of sp³-hybridized carbons (Fsp3) is 0.533. The summed E-state index contributed by atoms with van der Waals surface area (Å²) in [5, 5.41) is 17.0. The molecule has 11 heteroatoms. The quantitative estimate of drug-likeness (QED) is 0.616. The molecule has 2 aromatic heterocycles. The Labute approximate surface area is 164 Å². The Morgan fingerprint density at radius 1 is 1.42 bits per heavy atom. The highest BCUT2D eigenvalue weighted by atomic mass is 32.2. The third-order valence-corrected chi connectivity index (χ3v) is 8.76. The predicted octanol–water partition coefficient (Wildman–Crippen LogP) is 2.04. The molecule has 26 heavy (non-hydrogen) atoms. The first-order valence-electron chi connectivity index (χ1n) is 8.08. The summed E-state index contributed by atoms with van der Waals surface area (Å²) < 4.78 is 23.9. The van der Waals surface area contributed by atoms with Crippen LogP contribution in [0, 0.1) is 0 Å². The Morgan fingerprint density at radius 3 is 2.96 bits per heavy atom. The monoisotopic (exact) mass is 432 g/mol. The van der Waals surface area contributed by atoms with Crippen molar-refractivity contribution in [3.63, 3.8) is 0 Å². The van der Waals surface area contributed by atoms with Crippen LogP contribution in [0.25, 0.3) is 0 Å². The van der Waals surface area contributed by atoms with Crippen LogP contribution < -0.4 is 10.6 Å². The number of hydrogen-bond donors (Lipinski definition) is 2. The molecule has 1 amide bonds. The van der Waals surface area contributed by atoms with E-state index in [1.807, 2.05) is 6.07 Å². The van der Waals surface area contributed by atoms with E-state index in [0.717, 1.165) is 18.1 Å². The van der Waals surface area contributed by atoms with E-state index in [2.05, 4.69) is 32.3 Å². The maximum absolute atomic E-state index is 12.1. The van der Waals surface area contributed by atoms with Gasteiger partial charge in [-0.1, -0.05) is 29.2 Å². The number of nitrogens with zero attached hydrogens (tertiary/aromatic N) is 2. The zero-order chi connectivity index (χ0) is 18.6. The molecule has 3 heterocycles. The molecular formula is C15H20N4O3S4. The zero-order valence-corrected chi connectivity index (χ0v) is 17.5. The van der Waals surface area contributed by atoms with Crippen molar-refractivity contribution >= 4 is 55.3 Å². The Hall–Kier alpha value is -1.17. The van der Waals surface area contributed by atoms with Crippen LogP contribution in [0.4, 0.5) is 5.13 Å². The van der Waals surface area contributed by atoms with Gasteiger partial charge in [0.25, 0.3) is 0 Å². The van der Waals surface area contributed by atoms with Gasteiger partial charge >= 0.3 is 0 Å². The number of amides is 1. The molecule has 1 saturated heterocycles. The molecule has 2 aromatic rings. The molecule has 0 aromatic carbocycles. The second-order valence-electron chi connectivity index (χ2n) is 6.37. The molecule has 0 radical (unpaired) electrons. The number of aromatic nitrogens is 2. The Kier molecular flexibility index (Phi) is 6.21. The fourth-order valence-electron chi connectivity index (χ4n) is 2.70. The summed E-state index contributed by atoms with van der Waals surface area (Å²) in [6, 6.07) is 4.13. The molecule has 142 valence electrons. The van der Waals surface area contributed by atoms with Crippen LogP contribution in [0.1, 0.15) is 18.2 Å². The number of rotatable bonds is 8. The molecule has 0 aliphatic carbocycles. The van der Waals surface area contributed by atoms with Crippen LogP contribution in [-0.4, -0.2) is 53.9 Å². The SMILES string of the molecule is C[C@]1(NC(=O)CSc2nnc(NCCc3cccs3)s2)CCS(=O)(=O)C1. The lowest BCUT2D eigenvalue weighted by atomic mass is 10.0. The van der Waals surface area contributed by atoms with E-state index in [1.54, 1.807) is 18.3 Å². The third kappa shape index (κ3) is 5.66. The molecule has 1 atom stereocenters. The third-order valence-electron chi connectivity index (χ3n) is 3.91. The molecule has 3 rings (SSSR count). The predicted molar refractivity (Wildman–Crippen MR) is 107 cm³/mol. The fourth-order valence-corrected chi connectivity index (χ4v) is 7.08. The Morgan fingerprint density at radius 2 is 2.27 bits per heavy atom. The van der Waals surface area contributed by atoms with Crippen LogP contribution >= 0.6 is 34.4 Å². The van der Waals surface area contributed by atoms with Crippen molar-refractivity contribution in [1.29, 1.82) is 0 Å². The van der Waals surface area contributed by atoms with Crippen LogP contribution in [0.5, 0.6) is 0 Å². The van der Waals surface area contributed by atoms with Gasteiger partial charge in [0.15, 0.2) is 14.2 Å². The maximum Gasteiger partial charge on any atom is 0.230 e. The van der Waals surface area contributed by atoms with Gasteiger partial charge in [-0.05, 0) is 31.2 Å². The summed E-state index contributed by atoms with van der Waals surface area (Å²) in [7, 11) is -3.04. The van der Waals surface area contributed by atoms with Gasteiger partial charge in [0.05, 0.1) is 22.8 Å². The largest absolute Gasteiger partial charge is 0.360 e. The summed E-state index contributed by atoms with van der Waals surface area (Å²) in [5.74, 6) is 0.151. The van der Waals surface area contributed by atoms with Gasteiger partial charge in [0.2, 0.25) is 11.0 Å². The molecule has 0 saturated carbocycles. The van der Waals surface area contributed by atoms with Gasteiger partial charge in [0.1, 0.15) is 0 Å². The highest BCUT2D eigenvalue weighted by molar-refractivity contribution is 8.01. The molecular weight excluding hydrogens is 412 g/mol. The van der Waals surface area contributed by atoms with Crippen LogP contribution in [0.15, 0.2) is 21.9 Å². The minimum atomic E-state index is -3.04. The summed E-state index contributed by atoms with van der Waals surface area (Å²) in [6.07, 6.45) is 1.40. The van der Waals surface area contributed by atoms with Gasteiger partial charge in [0, 0.05) is 11.4 Å². The van der Waals surface area contributed by atoms with Gasteiger partial charge in [-0.2, -0.15) is 0 Å². The van der Waals surface area contributed by atoms with Gasteiger partial charge in [-0.3, -0.25) is 4.79 Å². The number of hydrogen-bond acceptors (Lipinski definition) is 9. The Balaban J connectivity index is 1.41. The number of carbonyl (C=O) groups is 1. The van der Waals surface area contributed by atoms with Crippen LogP contribution in [0.2, 0.25) is 0 Å². The molecule has 1 fully saturated rings. The zero-order valence-electron chi connectivity index (χ0n) is 14.2. The maximum atomic E-state index is 12.1. The minimum Gasteiger partial charge on any atom is -0.360 e. The molecule has 1 aliphatic rings. The number of carbonyl (C=O) groups excluding carboxylic acids is 1. The van der Waals surface area contributed by atoms with E-state index in [0.29, 0.717) is 10.8 Å². The first kappa shape index (κ1) is 19.6. The first-order valence-corrected chi connectivity index (χ1v) is 12.6. The van der Waals surface area contributed by atoms with E-state index in [-0.39, 0.29) is 23.2 Å². The molecule has 7 nitrogen and oxygen atoms in total. The normalized spacial score (nSPS) is 21.6. The van der Waals surface area contributed by atoms with Gasteiger partial charge in [-0.15, -0.1) is 21.5 Å². The topological polar surface area (TPSA) is 101 Å². The van der Waals surface area contributed by atoms with E-state index < -0.39 is 15.4 Å². The number of thioether (sulfide) groups is 1. The van der Waals surface area contributed by atoms with E-state index in [9.17, 15) is 13.2 Å². The summed E-state index contributed by atoms with van der Waals surface area (Å²) in [4.78, 5) is 13.4. The van der Waals surface area contributed by atoms with Crippen molar-refractivity contribution in [1.82, 2.24) is 15.5 Å². The highest BCUT2D eigenvalue weighted by Crippen LogP contribution is 2.26. The number of sulfone groups is 1. The van der Waals surface area contributed by atoms with Gasteiger partial charge < -0.3 is 10.6 Å². The second-order valence-corrected chi connectivity index (χ2v) is 11.8.